The molecule has 13 heteroatoms. The Morgan fingerprint density at radius 1 is 1.02 bits per heavy atom. The molecule has 1 saturated heterocycles. The highest BCUT2D eigenvalue weighted by Crippen LogP contribution is 2.37. The van der Waals surface area contributed by atoms with Crippen LogP contribution >= 0.6 is 11.8 Å². The fourth-order valence-electron chi connectivity index (χ4n) is 6.26. The van der Waals surface area contributed by atoms with E-state index in [-0.39, 0.29) is 23.7 Å². The summed E-state index contributed by atoms with van der Waals surface area (Å²) in [6.07, 6.45) is 0.560. The van der Waals surface area contributed by atoms with Crippen LogP contribution in [0.2, 0.25) is 0 Å². The third-order valence-electron chi connectivity index (χ3n) is 8.58. The molecule has 2 amide bonds. The lowest BCUT2D eigenvalue weighted by Crippen LogP contribution is -2.39. The molecule has 0 bridgehead atoms. The van der Waals surface area contributed by atoms with Gasteiger partial charge in [-0.1, -0.05) is 62.4 Å². The number of hydrogen-bond acceptors (Lipinski definition) is 6. The number of thioether (sulfide) groups is 1. The summed E-state index contributed by atoms with van der Waals surface area (Å²) in [6.45, 7) is 5.09. The van der Waals surface area contributed by atoms with E-state index in [1.54, 1.807) is 18.9 Å². The summed E-state index contributed by atoms with van der Waals surface area (Å²) in [5.74, 6) is 2.29. The van der Waals surface area contributed by atoms with Gasteiger partial charge in [-0.2, -0.15) is 4.99 Å². The zero-order chi connectivity index (χ0) is 33.8. The summed E-state index contributed by atoms with van der Waals surface area (Å²) in [4.78, 5) is 24.5. The molecule has 2 unspecified atom stereocenters. The molecular weight excluding hydrogens is 641 g/mol. The number of carbonyl (C=O) groups is 1. The normalized spacial score (nSPS) is 19.1. The highest BCUT2D eigenvalue weighted by molar-refractivity contribution is 8.14. The molecule has 2 fully saturated rings. The largest absolute Gasteiger partial charge is 0.573 e. The molecule has 4 aromatic rings. The first-order chi connectivity index (χ1) is 23.1. The summed E-state index contributed by atoms with van der Waals surface area (Å²) < 4.78 is 48.4. The van der Waals surface area contributed by atoms with Crippen LogP contribution in [0.4, 0.5) is 23.7 Å². The lowest BCUT2D eigenvalue weighted by molar-refractivity contribution is -0.274. The Hall–Kier alpha value is -4.52. The van der Waals surface area contributed by atoms with Crippen molar-refractivity contribution < 1.29 is 27.4 Å². The second kappa shape index (κ2) is 14.3. The SMILES string of the molecule is COc1ccc(C(C)C)c(N2CCCSC2=NC(=O)NC2CCCC2c2ccc(-c3ncn(-c4ccc(OC(F)(F)F)cc4)n3)cc2)c1. The third kappa shape index (κ3) is 7.78. The number of amides is 2. The van der Waals surface area contributed by atoms with Crippen molar-refractivity contribution in [3.05, 3.63) is 84.2 Å². The van der Waals surface area contributed by atoms with E-state index >= 15 is 0 Å². The lowest BCUT2D eigenvalue weighted by Gasteiger charge is -2.32. The minimum Gasteiger partial charge on any atom is -0.497 e. The molecule has 3 aromatic carbocycles. The summed E-state index contributed by atoms with van der Waals surface area (Å²) in [7, 11) is 1.66. The third-order valence-corrected chi connectivity index (χ3v) is 9.65. The maximum atomic E-state index is 13.4. The van der Waals surface area contributed by atoms with Gasteiger partial charge in [0.1, 0.15) is 17.8 Å². The summed E-state index contributed by atoms with van der Waals surface area (Å²) in [5.41, 5.74) is 4.66. The van der Waals surface area contributed by atoms with E-state index in [0.29, 0.717) is 22.6 Å². The predicted molar refractivity (Wildman–Crippen MR) is 181 cm³/mol. The molecule has 1 aliphatic heterocycles. The zero-order valence-electron chi connectivity index (χ0n) is 26.9. The number of nitrogens with zero attached hydrogens (tertiary/aromatic N) is 5. The Morgan fingerprint density at radius 2 is 1.77 bits per heavy atom. The maximum Gasteiger partial charge on any atom is 0.573 e. The van der Waals surface area contributed by atoms with E-state index in [2.05, 4.69) is 49.9 Å². The average molecular weight is 679 g/mol. The predicted octanol–water partition coefficient (Wildman–Crippen LogP) is 8.31. The van der Waals surface area contributed by atoms with Gasteiger partial charge in [0.15, 0.2) is 11.0 Å². The molecule has 252 valence electrons. The van der Waals surface area contributed by atoms with Crippen molar-refractivity contribution in [1.29, 1.82) is 0 Å². The average Bonchev–Trinajstić information content (AvgIpc) is 3.75. The number of amidine groups is 1. The molecular formula is C35H37F3N6O3S. The molecule has 0 spiro atoms. The minimum atomic E-state index is -4.75. The van der Waals surface area contributed by atoms with Crippen molar-refractivity contribution in [2.45, 2.75) is 63.8 Å². The van der Waals surface area contributed by atoms with Crippen LogP contribution in [0.15, 0.2) is 78.0 Å². The number of rotatable bonds is 8. The van der Waals surface area contributed by atoms with Gasteiger partial charge in [-0.3, -0.25) is 0 Å². The van der Waals surface area contributed by atoms with Gasteiger partial charge in [-0.25, -0.2) is 14.5 Å². The number of ether oxygens (including phenoxy) is 2. The van der Waals surface area contributed by atoms with Crippen LogP contribution in [-0.4, -0.2) is 57.8 Å². The van der Waals surface area contributed by atoms with Crippen LogP contribution in [-0.2, 0) is 0 Å². The zero-order valence-corrected chi connectivity index (χ0v) is 27.7. The van der Waals surface area contributed by atoms with E-state index < -0.39 is 6.36 Å². The van der Waals surface area contributed by atoms with Gasteiger partial charge >= 0.3 is 12.4 Å². The monoisotopic (exact) mass is 678 g/mol. The van der Waals surface area contributed by atoms with Gasteiger partial charge in [0, 0.05) is 41.6 Å². The Bertz CT molecular complexity index is 1760. The van der Waals surface area contributed by atoms with Crippen molar-refractivity contribution in [1.82, 2.24) is 20.1 Å². The minimum absolute atomic E-state index is 0.0422. The second-order valence-corrected chi connectivity index (χ2v) is 13.2. The van der Waals surface area contributed by atoms with E-state index in [0.717, 1.165) is 60.5 Å². The molecule has 2 heterocycles. The lowest BCUT2D eigenvalue weighted by atomic mass is 9.93. The summed E-state index contributed by atoms with van der Waals surface area (Å²) in [5, 5.41) is 8.40. The quantitative estimate of drug-likeness (QED) is 0.200. The first kappa shape index (κ1) is 33.4. The molecule has 1 N–H and O–H groups in total. The fraction of sp³-hybridized carbons (Fsp3) is 0.371. The molecule has 2 aliphatic rings. The van der Waals surface area contributed by atoms with Crippen molar-refractivity contribution in [2.24, 2.45) is 4.99 Å². The van der Waals surface area contributed by atoms with Crippen molar-refractivity contribution in [2.75, 3.05) is 24.3 Å². The fourth-order valence-corrected chi connectivity index (χ4v) is 7.21. The molecule has 0 radical (unpaired) electrons. The number of nitrogens with one attached hydrogen (secondary N) is 1. The topological polar surface area (TPSA) is 93.9 Å². The van der Waals surface area contributed by atoms with E-state index in [4.69, 9.17) is 4.74 Å². The number of aromatic nitrogens is 3. The van der Waals surface area contributed by atoms with Gasteiger partial charge in [-0.05, 0) is 66.6 Å². The molecule has 1 aromatic heterocycles. The number of anilines is 1. The summed E-state index contributed by atoms with van der Waals surface area (Å²) in [6, 6.07) is 19.1. The smallest absolute Gasteiger partial charge is 0.497 e. The van der Waals surface area contributed by atoms with Crippen LogP contribution in [0, 0.1) is 0 Å². The Balaban J connectivity index is 1.13. The van der Waals surface area contributed by atoms with E-state index in [9.17, 15) is 18.0 Å². The van der Waals surface area contributed by atoms with Gasteiger partial charge < -0.3 is 19.7 Å². The van der Waals surface area contributed by atoms with Gasteiger partial charge in [-0.15, -0.1) is 18.3 Å². The Labute approximate surface area is 281 Å². The van der Waals surface area contributed by atoms with Crippen LogP contribution in [0.3, 0.4) is 0 Å². The van der Waals surface area contributed by atoms with E-state index in [1.807, 2.05) is 36.4 Å². The van der Waals surface area contributed by atoms with Crippen LogP contribution in [0.1, 0.15) is 62.5 Å². The van der Waals surface area contributed by atoms with E-state index in [1.165, 1.54) is 40.8 Å². The van der Waals surface area contributed by atoms with Gasteiger partial charge in [0.25, 0.3) is 0 Å². The number of benzene rings is 3. The Kier molecular flexibility index (Phi) is 9.95. The van der Waals surface area contributed by atoms with Crippen LogP contribution in [0.5, 0.6) is 11.5 Å². The highest BCUT2D eigenvalue weighted by Gasteiger charge is 2.32. The maximum absolute atomic E-state index is 13.4. The number of methoxy groups -OCH3 is 1. The number of alkyl halides is 3. The number of hydrogen-bond donors (Lipinski definition) is 1. The highest BCUT2D eigenvalue weighted by atomic mass is 32.2. The molecule has 48 heavy (non-hydrogen) atoms. The van der Waals surface area contributed by atoms with Crippen molar-refractivity contribution >= 4 is 28.6 Å². The van der Waals surface area contributed by atoms with Gasteiger partial charge in [0.2, 0.25) is 0 Å². The van der Waals surface area contributed by atoms with Crippen molar-refractivity contribution in [3.8, 4) is 28.6 Å². The van der Waals surface area contributed by atoms with Crippen LogP contribution in [0.25, 0.3) is 17.1 Å². The molecule has 1 saturated carbocycles. The number of carbonyl (C=O) groups excluding carboxylic acids is 1. The number of aliphatic imine (C=N–C) groups is 1. The van der Waals surface area contributed by atoms with Crippen molar-refractivity contribution in [3.63, 3.8) is 0 Å². The summed E-state index contributed by atoms with van der Waals surface area (Å²) >= 11 is 1.60. The standard InChI is InChI=1S/C35H37F3N6O3S/c1-22(2)28-17-16-27(46-3)20-31(28)43-18-5-19-48-34(43)41-33(45)40-30-7-4-6-29(30)23-8-10-24(11-9-23)32-39-21-44(42-32)25-12-14-26(15-13-25)47-35(36,37)38/h8-17,20-22,29-30H,4-7,18-19H2,1-3H3,(H,40,45). The number of halogens is 3. The Morgan fingerprint density at radius 3 is 2.48 bits per heavy atom. The molecule has 6 rings (SSSR count). The number of urea groups is 1. The second-order valence-electron chi connectivity index (χ2n) is 12.1. The first-order valence-corrected chi connectivity index (χ1v) is 16.9. The molecule has 2 atom stereocenters. The molecule has 1 aliphatic carbocycles. The van der Waals surface area contributed by atoms with Gasteiger partial charge in [0.05, 0.1) is 12.8 Å². The first-order valence-electron chi connectivity index (χ1n) is 15.9. The van der Waals surface area contributed by atoms with Crippen LogP contribution < -0.4 is 19.7 Å². The molecule has 9 nitrogen and oxygen atoms in total.